The first kappa shape index (κ1) is 20.7. The van der Waals surface area contributed by atoms with Gasteiger partial charge in [0, 0.05) is 37.8 Å². The highest BCUT2D eigenvalue weighted by Crippen LogP contribution is 2.30. The van der Waals surface area contributed by atoms with Gasteiger partial charge in [-0.05, 0) is 30.4 Å². The first-order chi connectivity index (χ1) is 14.2. The average molecular weight is 434 g/mol. The molecule has 1 fully saturated rings. The third kappa shape index (κ3) is 3.33. The van der Waals surface area contributed by atoms with Crippen molar-refractivity contribution in [3.63, 3.8) is 0 Å². The smallest absolute Gasteiger partial charge is 0.332 e. The van der Waals surface area contributed by atoms with Gasteiger partial charge in [-0.1, -0.05) is 31.5 Å². The van der Waals surface area contributed by atoms with Crippen LogP contribution in [0.4, 0.5) is 10.3 Å². The van der Waals surface area contributed by atoms with Crippen molar-refractivity contribution in [3.05, 3.63) is 55.4 Å². The first-order valence-electron chi connectivity index (χ1n) is 10.0. The molecular formula is C21H25ClFN5O2. The quantitative estimate of drug-likeness (QED) is 0.637. The second-order valence-corrected chi connectivity index (χ2v) is 8.83. The number of benzene rings is 1. The summed E-state index contributed by atoms with van der Waals surface area (Å²) in [7, 11) is 3.02. The number of imidazole rings is 1. The van der Waals surface area contributed by atoms with E-state index in [0.717, 1.165) is 24.1 Å². The minimum absolute atomic E-state index is 0.0457. The maximum atomic E-state index is 14.6. The molecule has 2 unspecified atom stereocenters. The highest BCUT2D eigenvalue weighted by atomic mass is 35.5. The highest BCUT2D eigenvalue weighted by molar-refractivity contribution is 6.31. The third-order valence-corrected chi connectivity index (χ3v) is 6.21. The Kier molecular flexibility index (Phi) is 5.22. The summed E-state index contributed by atoms with van der Waals surface area (Å²) in [5.74, 6) is 1.01. The van der Waals surface area contributed by atoms with E-state index in [9.17, 15) is 14.0 Å². The molecule has 0 spiro atoms. The number of rotatable bonds is 3. The van der Waals surface area contributed by atoms with E-state index in [1.165, 1.54) is 17.7 Å². The van der Waals surface area contributed by atoms with Gasteiger partial charge >= 0.3 is 5.69 Å². The van der Waals surface area contributed by atoms with Crippen LogP contribution in [0.5, 0.6) is 0 Å². The van der Waals surface area contributed by atoms with Crippen LogP contribution in [0.2, 0.25) is 5.02 Å². The van der Waals surface area contributed by atoms with E-state index in [1.54, 1.807) is 23.7 Å². The molecule has 3 aromatic rings. The van der Waals surface area contributed by atoms with Crippen LogP contribution in [-0.4, -0.2) is 31.8 Å². The maximum absolute atomic E-state index is 14.6. The van der Waals surface area contributed by atoms with Crippen LogP contribution in [0.1, 0.15) is 25.8 Å². The van der Waals surface area contributed by atoms with Gasteiger partial charge in [-0.15, -0.1) is 0 Å². The van der Waals surface area contributed by atoms with Crippen molar-refractivity contribution in [1.82, 2.24) is 18.7 Å². The third-order valence-electron chi connectivity index (χ3n) is 5.86. The molecule has 0 radical (unpaired) electrons. The van der Waals surface area contributed by atoms with Crippen molar-refractivity contribution in [3.8, 4) is 0 Å². The van der Waals surface area contributed by atoms with Gasteiger partial charge in [-0.2, -0.15) is 4.98 Å². The molecule has 4 rings (SSSR count). The Balaban J connectivity index is 2.00. The fourth-order valence-electron chi connectivity index (χ4n) is 4.49. The zero-order chi connectivity index (χ0) is 21.7. The number of hydrogen-bond acceptors (Lipinski definition) is 4. The second-order valence-electron chi connectivity index (χ2n) is 8.43. The lowest BCUT2D eigenvalue weighted by Crippen LogP contribution is -2.40. The molecule has 9 heteroatoms. The number of halogens is 2. The molecule has 160 valence electrons. The number of aryl methyl sites for hydroxylation is 1. The summed E-state index contributed by atoms with van der Waals surface area (Å²) in [6, 6.07) is 4.52. The Morgan fingerprint density at radius 2 is 1.80 bits per heavy atom. The summed E-state index contributed by atoms with van der Waals surface area (Å²) in [5.41, 5.74) is -0.0737. The van der Waals surface area contributed by atoms with Crippen LogP contribution in [0.3, 0.4) is 0 Å². The van der Waals surface area contributed by atoms with Crippen LogP contribution >= 0.6 is 11.6 Å². The normalized spacial score (nSPS) is 19.6. The van der Waals surface area contributed by atoms with Gasteiger partial charge < -0.3 is 4.90 Å². The monoisotopic (exact) mass is 433 g/mol. The van der Waals surface area contributed by atoms with Crippen molar-refractivity contribution in [2.75, 3.05) is 18.0 Å². The predicted molar refractivity (Wildman–Crippen MR) is 116 cm³/mol. The lowest BCUT2D eigenvalue weighted by molar-refractivity contribution is 0.352. The topological polar surface area (TPSA) is 65.1 Å². The Labute approximate surface area is 178 Å². The number of aromatic nitrogens is 4. The molecule has 1 aliphatic rings. The molecule has 2 aromatic heterocycles. The van der Waals surface area contributed by atoms with E-state index in [4.69, 9.17) is 16.6 Å². The SMILES string of the molecule is CC1CC(C)CN(c2nc3c(c(=O)n(C)c(=O)n3C)n2Cc2c(F)cccc2Cl)C1. The Hall–Kier alpha value is -2.61. The van der Waals surface area contributed by atoms with Crippen molar-refractivity contribution < 1.29 is 4.39 Å². The summed E-state index contributed by atoms with van der Waals surface area (Å²) in [4.78, 5) is 32.3. The summed E-state index contributed by atoms with van der Waals surface area (Å²) in [6.45, 7) is 5.94. The number of hydrogen-bond donors (Lipinski definition) is 0. The molecule has 3 heterocycles. The van der Waals surface area contributed by atoms with Crippen molar-refractivity contribution in [2.45, 2.75) is 26.8 Å². The molecule has 0 aliphatic carbocycles. The minimum Gasteiger partial charge on any atom is -0.342 e. The van der Waals surface area contributed by atoms with E-state index in [-0.39, 0.29) is 28.3 Å². The molecule has 2 atom stereocenters. The van der Waals surface area contributed by atoms with E-state index < -0.39 is 17.1 Å². The molecule has 0 amide bonds. The Morgan fingerprint density at radius 3 is 2.43 bits per heavy atom. The van der Waals surface area contributed by atoms with Crippen molar-refractivity contribution >= 4 is 28.7 Å². The second kappa shape index (κ2) is 7.58. The van der Waals surface area contributed by atoms with Crippen molar-refractivity contribution in [1.29, 1.82) is 0 Å². The molecular weight excluding hydrogens is 409 g/mol. The highest BCUT2D eigenvalue weighted by Gasteiger charge is 2.28. The molecule has 1 saturated heterocycles. The van der Waals surface area contributed by atoms with Gasteiger partial charge in [0.15, 0.2) is 11.2 Å². The van der Waals surface area contributed by atoms with Crippen LogP contribution < -0.4 is 16.1 Å². The zero-order valence-electron chi connectivity index (χ0n) is 17.5. The van der Waals surface area contributed by atoms with E-state index in [1.807, 2.05) is 0 Å². The van der Waals surface area contributed by atoms with Crippen LogP contribution in [0, 0.1) is 17.7 Å². The van der Waals surface area contributed by atoms with E-state index >= 15 is 0 Å². The summed E-state index contributed by atoms with van der Waals surface area (Å²) in [6.07, 6.45) is 1.11. The maximum Gasteiger partial charge on any atom is 0.332 e. The molecule has 1 aliphatic heterocycles. The summed E-state index contributed by atoms with van der Waals surface area (Å²) < 4.78 is 18.7. The fourth-order valence-corrected chi connectivity index (χ4v) is 4.72. The van der Waals surface area contributed by atoms with Crippen LogP contribution in [-0.2, 0) is 20.6 Å². The van der Waals surface area contributed by atoms with E-state index in [2.05, 4.69) is 18.7 Å². The molecule has 0 bridgehead atoms. The molecule has 7 nitrogen and oxygen atoms in total. The van der Waals surface area contributed by atoms with Gasteiger partial charge in [0.05, 0.1) is 6.54 Å². The summed E-state index contributed by atoms with van der Waals surface area (Å²) >= 11 is 6.28. The van der Waals surface area contributed by atoms with Crippen LogP contribution in [0.15, 0.2) is 27.8 Å². The van der Waals surface area contributed by atoms with Gasteiger partial charge in [-0.25, -0.2) is 9.18 Å². The lowest BCUT2D eigenvalue weighted by atomic mass is 9.92. The largest absolute Gasteiger partial charge is 0.342 e. The standard InChI is InChI=1S/C21H25ClFN5O2/c1-12-8-13(2)10-27(9-12)20-24-18-17(19(29)26(4)21(30)25(18)3)28(20)11-14-15(22)6-5-7-16(14)23/h5-7,12-13H,8-11H2,1-4H3. The van der Waals surface area contributed by atoms with E-state index in [0.29, 0.717) is 17.8 Å². The molecule has 30 heavy (non-hydrogen) atoms. The van der Waals surface area contributed by atoms with Gasteiger partial charge in [0.1, 0.15) is 5.82 Å². The molecule has 1 aromatic carbocycles. The lowest BCUT2D eigenvalue weighted by Gasteiger charge is -2.35. The number of nitrogens with zero attached hydrogens (tertiary/aromatic N) is 5. The van der Waals surface area contributed by atoms with Crippen LogP contribution in [0.25, 0.3) is 11.2 Å². The average Bonchev–Trinajstić information content (AvgIpc) is 3.06. The predicted octanol–water partition coefficient (Wildman–Crippen LogP) is 2.76. The fraction of sp³-hybridized carbons (Fsp3) is 0.476. The van der Waals surface area contributed by atoms with Gasteiger partial charge in [-0.3, -0.25) is 18.5 Å². The van der Waals surface area contributed by atoms with Crippen molar-refractivity contribution in [2.24, 2.45) is 25.9 Å². The Bertz CT molecular complexity index is 1210. The number of piperidine rings is 1. The first-order valence-corrected chi connectivity index (χ1v) is 10.4. The number of fused-ring (bicyclic) bond motifs is 1. The van der Waals surface area contributed by atoms with Gasteiger partial charge in [0.25, 0.3) is 5.56 Å². The molecule has 0 saturated carbocycles. The number of anilines is 1. The van der Waals surface area contributed by atoms with Gasteiger partial charge in [0.2, 0.25) is 5.95 Å². The zero-order valence-corrected chi connectivity index (χ0v) is 18.3. The minimum atomic E-state index is -0.461. The summed E-state index contributed by atoms with van der Waals surface area (Å²) in [5, 5.41) is 0.282. The molecule has 0 N–H and O–H groups in total. The Morgan fingerprint density at radius 1 is 1.13 bits per heavy atom.